The summed E-state index contributed by atoms with van der Waals surface area (Å²) in [5.41, 5.74) is 0. The molecule has 0 bridgehead atoms. The molecule has 1 fully saturated rings. The van der Waals surface area contributed by atoms with E-state index in [1.807, 2.05) is 24.2 Å². The van der Waals surface area contributed by atoms with Crippen LogP contribution in [0.4, 0.5) is 0 Å². The summed E-state index contributed by atoms with van der Waals surface area (Å²) in [5, 5.41) is 12.9. The van der Waals surface area contributed by atoms with E-state index in [-0.39, 0.29) is 12.1 Å². The zero-order valence-corrected chi connectivity index (χ0v) is 8.48. The van der Waals surface area contributed by atoms with Gasteiger partial charge < -0.3 is 15.3 Å². The Morgan fingerprint density at radius 2 is 2.43 bits per heavy atom. The van der Waals surface area contributed by atoms with Crippen molar-refractivity contribution in [2.75, 3.05) is 13.6 Å². The second kappa shape index (κ2) is 4.00. The number of rotatable bonds is 1. The van der Waals surface area contributed by atoms with Gasteiger partial charge in [-0.15, -0.1) is 0 Å². The van der Waals surface area contributed by atoms with Crippen LogP contribution in [-0.4, -0.2) is 41.7 Å². The lowest BCUT2D eigenvalue weighted by atomic mass is 10.2. The topological polar surface area (TPSA) is 47.9 Å². The number of hydrogen-bond donors (Lipinski definition) is 2. The van der Waals surface area contributed by atoms with Crippen LogP contribution in [0.15, 0.2) is 17.3 Å². The minimum absolute atomic E-state index is 0.183. The minimum atomic E-state index is -0.211. The van der Waals surface area contributed by atoms with E-state index in [9.17, 15) is 5.11 Å². The molecule has 0 aromatic rings. The summed E-state index contributed by atoms with van der Waals surface area (Å²) in [6.45, 7) is 0.884. The number of aliphatic imine (C=N–C) groups is 1. The van der Waals surface area contributed by atoms with E-state index < -0.39 is 0 Å². The predicted molar refractivity (Wildman–Crippen MR) is 56.0 cm³/mol. The second-order valence-corrected chi connectivity index (χ2v) is 3.97. The molecule has 2 atom stereocenters. The Hall–Kier alpha value is -1.03. The normalized spacial score (nSPS) is 31.9. The first-order chi connectivity index (χ1) is 6.77. The van der Waals surface area contributed by atoms with Gasteiger partial charge >= 0.3 is 0 Å². The number of likely N-dealkylation sites (N-methyl/N-ethyl adjacent to an activating group) is 1. The van der Waals surface area contributed by atoms with Gasteiger partial charge in [0.15, 0.2) is 5.96 Å². The first kappa shape index (κ1) is 9.52. The van der Waals surface area contributed by atoms with Gasteiger partial charge in [0.2, 0.25) is 0 Å². The van der Waals surface area contributed by atoms with Crippen LogP contribution in [0.2, 0.25) is 0 Å². The van der Waals surface area contributed by atoms with Crippen molar-refractivity contribution < 1.29 is 5.11 Å². The first-order valence-electron chi connectivity index (χ1n) is 5.16. The van der Waals surface area contributed by atoms with E-state index in [2.05, 4.69) is 10.3 Å². The van der Waals surface area contributed by atoms with Crippen LogP contribution < -0.4 is 5.32 Å². The largest absolute Gasteiger partial charge is 0.391 e. The van der Waals surface area contributed by atoms with Crippen molar-refractivity contribution in [2.24, 2.45) is 4.99 Å². The van der Waals surface area contributed by atoms with Crippen molar-refractivity contribution in [2.45, 2.75) is 31.4 Å². The molecule has 0 unspecified atom stereocenters. The van der Waals surface area contributed by atoms with Gasteiger partial charge in [-0.25, -0.2) is 4.99 Å². The number of hydrogen-bond acceptors (Lipinski definition) is 4. The van der Waals surface area contributed by atoms with E-state index in [1.165, 1.54) is 0 Å². The monoisotopic (exact) mass is 195 g/mol. The standard InChI is InChI=1S/C10H17N3O/c1-13-7-3-6-11-10(13)12-8-4-2-5-9(8)14/h3,6,8-9,14H,2,4-5,7H2,1H3,(H,11,12)/t8-,9-/m1/s1. The van der Waals surface area contributed by atoms with Crippen LogP contribution in [-0.2, 0) is 0 Å². The van der Waals surface area contributed by atoms with E-state index >= 15 is 0 Å². The van der Waals surface area contributed by atoms with Crippen LogP contribution in [0.1, 0.15) is 19.3 Å². The van der Waals surface area contributed by atoms with Crippen molar-refractivity contribution in [3.63, 3.8) is 0 Å². The number of aliphatic hydroxyl groups is 1. The third-order valence-corrected chi connectivity index (χ3v) is 2.84. The van der Waals surface area contributed by atoms with Gasteiger partial charge in [0.25, 0.3) is 0 Å². The molecule has 0 spiro atoms. The van der Waals surface area contributed by atoms with Crippen molar-refractivity contribution >= 4 is 5.96 Å². The van der Waals surface area contributed by atoms with E-state index in [4.69, 9.17) is 0 Å². The van der Waals surface area contributed by atoms with Gasteiger partial charge in [0.05, 0.1) is 12.1 Å². The minimum Gasteiger partial charge on any atom is -0.391 e. The lowest BCUT2D eigenvalue weighted by Crippen LogP contribution is -2.47. The van der Waals surface area contributed by atoms with Gasteiger partial charge in [0, 0.05) is 19.8 Å². The highest BCUT2D eigenvalue weighted by molar-refractivity contribution is 5.81. The van der Waals surface area contributed by atoms with Gasteiger partial charge in [0.1, 0.15) is 0 Å². The summed E-state index contributed by atoms with van der Waals surface area (Å²) in [7, 11) is 2.00. The fourth-order valence-electron chi connectivity index (χ4n) is 1.94. The Balaban J connectivity index is 1.95. The zero-order valence-electron chi connectivity index (χ0n) is 8.48. The van der Waals surface area contributed by atoms with Gasteiger partial charge in [-0.3, -0.25) is 0 Å². The average Bonchev–Trinajstić information content (AvgIpc) is 2.56. The maximum atomic E-state index is 9.65. The summed E-state index contributed by atoms with van der Waals surface area (Å²) in [5.74, 6) is 0.874. The van der Waals surface area contributed by atoms with Crippen molar-refractivity contribution in [3.05, 3.63) is 12.3 Å². The van der Waals surface area contributed by atoms with E-state index in [0.29, 0.717) is 0 Å². The molecule has 0 aromatic heterocycles. The smallest absolute Gasteiger partial charge is 0.198 e. The molecule has 4 nitrogen and oxygen atoms in total. The molecule has 4 heteroatoms. The summed E-state index contributed by atoms with van der Waals surface area (Å²) >= 11 is 0. The highest BCUT2D eigenvalue weighted by Crippen LogP contribution is 2.19. The average molecular weight is 195 g/mol. The Morgan fingerprint density at radius 1 is 1.57 bits per heavy atom. The van der Waals surface area contributed by atoms with E-state index in [1.54, 1.807) is 0 Å². The molecule has 0 aromatic carbocycles. The fourth-order valence-corrected chi connectivity index (χ4v) is 1.94. The molecule has 2 N–H and O–H groups in total. The van der Waals surface area contributed by atoms with Crippen LogP contribution in [0, 0.1) is 0 Å². The van der Waals surface area contributed by atoms with Crippen LogP contribution >= 0.6 is 0 Å². The molecule has 0 radical (unpaired) electrons. The molecule has 1 heterocycles. The van der Waals surface area contributed by atoms with Crippen LogP contribution in [0.5, 0.6) is 0 Å². The van der Waals surface area contributed by atoms with E-state index in [0.717, 1.165) is 31.8 Å². The quantitative estimate of drug-likeness (QED) is 0.633. The number of guanidine groups is 1. The molecule has 14 heavy (non-hydrogen) atoms. The predicted octanol–water partition coefficient (Wildman–Crippen LogP) is 0.304. The Bertz CT molecular complexity index is 262. The molecule has 2 rings (SSSR count). The third kappa shape index (κ3) is 1.90. The molecule has 0 amide bonds. The zero-order chi connectivity index (χ0) is 9.97. The number of aliphatic hydroxyl groups excluding tert-OH is 1. The van der Waals surface area contributed by atoms with Gasteiger partial charge in [-0.1, -0.05) is 0 Å². The Kier molecular flexibility index (Phi) is 2.72. The lowest BCUT2D eigenvalue weighted by Gasteiger charge is -2.26. The SMILES string of the molecule is CN1CC=CN=C1N[C@@H]1CCC[C@H]1O. The molecule has 1 aliphatic carbocycles. The summed E-state index contributed by atoms with van der Waals surface area (Å²) in [4.78, 5) is 6.29. The van der Waals surface area contributed by atoms with Crippen LogP contribution in [0.3, 0.4) is 0 Å². The molecule has 1 aliphatic heterocycles. The number of nitrogens with one attached hydrogen (secondary N) is 1. The Morgan fingerprint density at radius 3 is 3.07 bits per heavy atom. The lowest BCUT2D eigenvalue weighted by molar-refractivity contribution is 0.156. The molecule has 1 saturated carbocycles. The number of nitrogens with zero attached hydrogens (tertiary/aromatic N) is 2. The molecular formula is C10H17N3O. The highest BCUT2D eigenvalue weighted by atomic mass is 16.3. The molecule has 0 saturated heterocycles. The van der Waals surface area contributed by atoms with Crippen molar-refractivity contribution in [1.82, 2.24) is 10.2 Å². The fraction of sp³-hybridized carbons (Fsp3) is 0.700. The van der Waals surface area contributed by atoms with Crippen molar-refractivity contribution in [3.8, 4) is 0 Å². The molecular weight excluding hydrogens is 178 g/mol. The second-order valence-electron chi connectivity index (χ2n) is 3.97. The highest BCUT2D eigenvalue weighted by Gasteiger charge is 2.26. The maximum absolute atomic E-state index is 9.65. The van der Waals surface area contributed by atoms with Gasteiger partial charge in [-0.2, -0.15) is 0 Å². The van der Waals surface area contributed by atoms with Crippen LogP contribution in [0.25, 0.3) is 0 Å². The van der Waals surface area contributed by atoms with Gasteiger partial charge in [-0.05, 0) is 25.3 Å². The maximum Gasteiger partial charge on any atom is 0.198 e. The third-order valence-electron chi connectivity index (χ3n) is 2.84. The first-order valence-corrected chi connectivity index (χ1v) is 5.16. The summed E-state index contributed by atoms with van der Waals surface area (Å²) in [6, 6.07) is 0.183. The Labute approximate surface area is 84.3 Å². The van der Waals surface area contributed by atoms with Crippen molar-refractivity contribution in [1.29, 1.82) is 0 Å². The summed E-state index contributed by atoms with van der Waals surface area (Å²) in [6.07, 6.45) is 6.66. The molecule has 2 aliphatic rings. The summed E-state index contributed by atoms with van der Waals surface area (Å²) < 4.78 is 0. The molecule has 78 valence electrons.